The van der Waals surface area contributed by atoms with Gasteiger partial charge in [0.15, 0.2) is 0 Å². The molecule has 1 aliphatic rings. The van der Waals surface area contributed by atoms with Gasteiger partial charge in [0.2, 0.25) is 11.7 Å². The topological polar surface area (TPSA) is 71.8 Å². The van der Waals surface area contributed by atoms with Crippen LogP contribution in [0.3, 0.4) is 0 Å². The Bertz CT molecular complexity index is 1090. The molecule has 0 bridgehead atoms. The van der Waals surface area contributed by atoms with E-state index in [9.17, 15) is 9.59 Å². The third-order valence-corrected chi connectivity index (χ3v) is 5.86. The second kappa shape index (κ2) is 9.08. The summed E-state index contributed by atoms with van der Waals surface area (Å²) in [5.41, 5.74) is 1.73. The highest BCUT2D eigenvalue weighted by atomic mass is 35.5. The van der Waals surface area contributed by atoms with E-state index in [0.717, 1.165) is 5.56 Å². The quantitative estimate of drug-likeness (QED) is 0.611. The summed E-state index contributed by atoms with van der Waals surface area (Å²) in [6, 6.07) is 12.6. The number of fused-ring (bicyclic) bond motifs is 1. The molecule has 8 heteroatoms. The van der Waals surface area contributed by atoms with Crippen molar-refractivity contribution >= 4 is 51.7 Å². The second-order valence-electron chi connectivity index (χ2n) is 6.97. The number of morpholine rings is 1. The number of ether oxygens (including phenoxy) is 1. The van der Waals surface area contributed by atoms with Gasteiger partial charge in [-0.25, -0.2) is 0 Å². The van der Waals surface area contributed by atoms with E-state index in [2.05, 4.69) is 5.32 Å². The van der Waals surface area contributed by atoms with Crippen LogP contribution in [0.1, 0.15) is 22.5 Å². The molecule has 2 heterocycles. The van der Waals surface area contributed by atoms with Crippen molar-refractivity contribution in [3.8, 4) is 0 Å². The normalized spacial score (nSPS) is 14.1. The molecule has 1 fully saturated rings. The molecule has 0 saturated carbocycles. The van der Waals surface area contributed by atoms with Crippen LogP contribution in [0.2, 0.25) is 10.0 Å². The van der Waals surface area contributed by atoms with Gasteiger partial charge in [0, 0.05) is 24.9 Å². The summed E-state index contributed by atoms with van der Waals surface area (Å²) in [4.78, 5) is 27.4. The van der Waals surface area contributed by atoms with Crippen LogP contribution in [0.25, 0.3) is 11.0 Å². The number of hydrogen-bond donors (Lipinski definition) is 1. The van der Waals surface area contributed by atoms with E-state index in [4.69, 9.17) is 32.4 Å². The molecular formula is C22H20Cl2N2O4. The molecule has 0 radical (unpaired) electrons. The van der Waals surface area contributed by atoms with E-state index in [1.807, 2.05) is 24.3 Å². The van der Waals surface area contributed by atoms with Gasteiger partial charge in [-0.2, -0.15) is 0 Å². The first-order valence-electron chi connectivity index (χ1n) is 9.66. The zero-order chi connectivity index (χ0) is 21.1. The van der Waals surface area contributed by atoms with Gasteiger partial charge in [-0.1, -0.05) is 47.5 Å². The first-order valence-corrected chi connectivity index (χ1v) is 10.4. The number of benzene rings is 2. The maximum absolute atomic E-state index is 13.0. The molecule has 3 aromatic rings. The molecule has 156 valence electrons. The fraction of sp³-hybridized carbons (Fsp3) is 0.273. The molecule has 1 saturated heterocycles. The van der Waals surface area contributed by atoms with Crippen molar-refractivity contribution in [2.45, 2.75) is 12.8 Å². The number of anilines is 1. The summed E-state index contributed by atoms with van der Waals surface area (Å²) < 4.78 is 11.1. The lowest BCUT2D eigenvalue weighted by Gasteiger charge is -2.26. The van der Waals surface area contributed by atoms with Crippen LogP contribution in [-0.2, 0) is 16.0 Å². The summed E-state index contributed by atoms with van der Waals surface area (Å²) >= 11 is 12.3. The number of rotatable bonds is 5. The Morgan fingerprint density at radius 1 is 1.03 bits per heavy atom. The van der Waals surface area contributed by atoms with Crippen molar-refractivity contribution in [2.75, 3.05) is 31.6 Å². The molecule has 1 aromatic heterocycles. The average Bonchev–Trinajstić information content (AvgIpc) is 3.13. The molecule has 30 heavy (non-hydrogen) atoms. The van der Waals surface area contributed by atoms with Crippen molar-refractivity contribution in [2.24, 2.45) is 0 Å². The lowest BCUT2D eigenvalue weighted by molar-refractivity contribution is -0.116. The van der Waals surface area contributed by atoms with Gasteiger partial charge in [-0.3, -0.25) is 9.59 Å². The number of halogens is 2. The Balaban J connectivity index is 1.55. The van der Waals surface area contributed by atoms with Crippen LogP contribution in [-0.4, -0.2) is 43.0 Å². The summed E-state index contributed by atoms with van der Waals surface area (Å²) in [6.07, 6.45) is 0.610. The minimum Gasteiger partial charge on any atom is -0.449 e. The van der Waals surface area contributed by atoms with Gasteiger partial charge >= 0.3 is 0 Å². The third-order valence-electron chi connectivity index (χ3n) is 5.01. The molecule has 1 N–H and O–H groups in total. The number of amides is 2. The van der Waals surface area contributed by atoms with Gasteiger partial charge in [0.1, 0.15) is 11.3 Å². The maximum atomic E-state index is 13.0. The van der Waals surface area contributed by atoms with Gasteiger partial charge in [-0.15, -0.1) is 0 Å². The number of carbonyl (C=O) groups is 2. The smallest absolute Gasteiger partial charge is 0.291 e. The first kappa shape index (κ1) is 20.7. The standard InChI is InChI=1S/C22H20Cl2N2O4/c23-16-6-3-4-14(19(16)24)8-9-18(27)25-20-15-5-1-2-7-17(15)30-21(20)22(28)26-10-12-29-13-11-26/h1-7H,8-13H2,(H,25,27). The highest BCUT2D eigenvalue weighted by Crippen LogP contribution is 2.32. The minimum atomic E-state index is -0.261. The van der Waals surface area contributed by atoms with Crippen molar-refractivity contribution in [1.29, 1.82) is 0 Å². The van der Waals surface area contributed by atoms with Crippen molar-refractivity contribution in [1.82, 2.24) is 4.90 Å². The molecule has 0 spiro atoms. The van der Waals surface area contributed by atoms with E-state index in [1.54, 1.807) is 23.1 Å². The van der Waals surface area contributed by atoms with Crippen molar-refractivity contribution < 1.29 is 18.7 Å². The highest BCUT2D eigenvalue weighted by Gasteiger charge is 2.27. The molecule has 0 aliphatic carbocycles. The molecule has 6 nitrogen and oxygen atoms in total. The van der Waals surface area contributed by atoms with Gasteiger partial charge in [0.25, 0.3) is 5.91 Å². The summed E-state index contributed by atoms with van der Waals surface area (Å²) in [7, 11) is 0. The number of nitrogens with one attached hydrogen (secondary N) is 1. The van der Waals surface area contributed by atoms with Crippen LogP contribution in [0.15, 0.2) is 46.9 Å². The van der Waals surface area contributed by atoms with Crippen LogP contribution in [0.4, 0.5) is 5.69 Å². The lowest BCUT2D eigenvalue weighted by Crippen LogP contribution is -2.40. The zero-order valence-electron chi connectivity index (χ0n) is 16.1. The van der Waals surface area contributed by atoms with E-state index in [0.29, 0.717) is 59.4 Å². The monoisotopic (exact) mass is 446 g/mol. The van der Waals surface area contributed by atoms with Crippen LogP contribution in [0.5, 0.6) is 0 Å². The molecule has 4 rings (SSSR count). The fourth-order valence-corrected chi connectivity index (χ4v) is 3.84. The Morgan fingerprint density at radius 3 is 2.60 bits per heavy atom. The number of carbonyl (C=O) groups excluding carboxylic acids is 2. The Labute approximate surface area is 183 Å². The SMILES string of the molecule is O=C(CCc1cccc(Cl)c1Cl)Nc1c(C(=O)N2CCOCC2)oc2ccccc12. The van der Waals surface area contributed by atoms with E-state index < -0.39 is 0 Å². The van der Waals surface area contributed by atoms with Crippen LogP contribution in [0, 0.1) is 0 Å². The molecule has 2 amide bonds. The second-order valence-corrected chi connectivity index (χ2v) is 7.75. The summed E-state index contributed by atoms with van der Waals surface area (Å²) in [5, 5.41) is 4.45. The van der Waals surface area contributed by atoms with Crippen molar-refractivity contribution in [3.63, 3.8) is 0 Å². The minimum absolute atomic E-state index is 0.132. The average molecular weight is 447 g/mol. The predicted octanol–water partition coefficient (Wildman–Crippen LogP) is 4.78. The summed E-state index contributed by atoms with van der Waals surface area (Å²) in [6.45, 7) is 1.93. The maximum Gasteiger partial charge on any atom is 0.291 e. The zero-order valence-corrected chi connectivity index (χ0v) is 17.6. The Hall–Kier alpha value is -2.54. The first-order chi connectivity index (χ1) is 14.5. The molecular weight excluding hydrogens is 427 g/mol. The largest absolute Gasteiger partial charge is 0.449 e. The van der Waals surface area contributed by atoms with E-state index in [-0.39, 0.29) is 24.0 Å². The molecule has 2 aromatic carbocycles. The van der Waals surface area contributed by atoms with E-state index >= 15 is 0 Å². The number of furan rings is 1. The molecule has 1 aliphatic heterocycles. The molecule has 0 unspecified atom stereocenters. The fourth-order valence-electron chi connectivity index (χ4n) is 3.42. The molecule has 0 atom stereocenters. The number of aryl methyl sites for hydroxylation is 1. The highest BCUT2D eigenvalue weighted by molar-refractivity contribution is 6.42. The number of para-hydroxylation sites is 1. The van der Waals surface area contributed by atoms with Crippen LogP contribution < -0.4 is 5.32 Å². The predicted molar refractivity (Wildman–Crippen MR) is 116 cm³/mol. The Kier molecular flexibility index (Phi) is 6.27. The van der Waals surface area contributed by atoms with Gasteiger partial charge in [0.05, 0.1) is 23.3 Å². The Morgan fingerprint density at radius 2 is 1.80 bits per heavy atom. The van der Waals surface area contributed by atoms with E-state index in [1.165, 1.54) is 0 Å². The number of hydrogen-bond acceptors (Lipinski definition) is 4. The van der Waals surface area contributed by atoms with Crippen LogP contribution >= 0.6 is 23.2 Å². The number of nitrogens with zero attached hydrogens (tertiary/aromatic N) is 1. The van der Waals surface area contributed by atoms with Gasteiger partial charge < -0.3 is 19.4 Å². The third kappa shape index (κ3) is 4.31. The lowest BCUT2D eigenvalue weighted by atomic mass is 10.1. The van der Waals surface area contributed by atoms with Gasteiger partial charge in [-0.05, 0) is 30.2 Å². The summed E-state index contributed by atoms with van der Waals surface area (Å²) in [5.74, 6) is -0.372. The van der Waals surface area contributed by atoms with Crippen molar-refractivity contribution in [3.05, 3.63) is 63.8 Å².